The number of imide groups is 1. The van der Waals surface area contributed by atoms with Gasteiger partial charge < -0.3 is 5.32 Å². The van der Waals surface area contributed by atoms with Crippen molar-refractivity contribution in [2.45, 2.75) is 0 Å². The summed E-state index contributed by atoms with van der Waals surface area (Å²) in [4.78, 5) is 34.4. The van der Waals surface area contributed by atoms with Crippen molar-refractivity contribution < 1.29 is 14.4 Å². The van der Waals surface area contributed by atoms with Gasteiger partial charge in [0.2, 0.25) is 6.29 Å². The molecule has 0 saturated carbocycles. The van der Waals surface area contributed by atoms with Crippen LogP contribution in [0.5, 0.6) is 0 Å². The maximum absolute atomic E-state index is 11.8. The molecular weight excluding hydrogens is 244 g/mol. The number of urea groups is 1. The van der Waals surface area contributed by atoms with Gasteiger partial charge in [-0.05, 0) is 17.8 Å². The molecule has 5 heteroatoms. The number of nitrogens with zero attached hydrogens (tertiary/aromatic N) is 1. The van der Waals surface area contributed by atoms with Crippen LogP contribution in [0.25, 0.3) is 6.08 Å². The van der Waals surface area contributed by atoms with Gasteiger partial charge in [0.1, 0.15) is 0 Å². The lowest BCUT2D eigenvalue weighted by Crippen LogP contribution is -2.42. The minimum Gasteiger partial charge on any atom is -0.315 e. The van der Waals surface area contributed by atoms with Crippen molar-refractivity contribution >= 4 is 24.3 Å². The number of carbonyl (C=O) groups is 2. The number of benzene rings is 1. The lowest BCUT2D eigenvalue weighted by molar-refractivity contribution is -0.122. The van der Waals surface area contributed by atoms with E-state index in [1.165, 1.54) is 12.4 Å². The fourth-order valence-corrected chi connectivity index (χ4v) is 1.30. The van der Waals surface area contributed by atoms with Gasteiger partial charge in [0.05, 0.1) is 6.54 Å². The van der Waals surface area contributed by atoms with E-state index in [1.54, 1.807) is 6.08 Å². The minimum atomic E-state index is -0.721. The molecule has 0 aliphatic carbocycles. The highest BCUT2D eigenvalue weighted by Gasteiger charge is 2.17. The predicted octanol–water partition coefficient (Wildman–Crippen LogP) is 1.49. The molecule has 0 spiro atoms. The van der Waals surface area contributed by atoms with Crippen molar-refractivity contribution in [1.29, 1.82) is 0 Å². The second-order valence-electron chi connectivity index (χ2n) is 3.47. The second-order valence-corrected chi connectivity index (χ2v) is 3.47. The number of rotatable bonds is 5. The second kappa shape index (κ2) is 7.60. The molecule has 0 aromatic heterocycles. The van der Waals surface area contributed by atoms with Gasteiger partial charge >= 0.3 is 6.03 Å². The average molecular weight is 257 g/mol. The zero-order valence-electron chi connectivity index (χ0n) is 10.2. The van der Waals surface area contributed by atoms with Gasteiger partial charge in [0.25, 0.3) is 5.91 Å². The van der Waals surface area contributed by atoms with Crippen LogP contribution < -0.4 is 5.32 Å². The molecule has 0 saturated heterocycles. The first kappa shape index (κ1) is 14.4. The van der Waals surface area contributed by atoms with Crippen molar-refractivity contribution in [1.82, 2.24) is 10.2 Å². The van der Waals surface area contributed by atoms with Crippen LogP contribution in [-0.2, 0) is 9.59 Å². The average Bonchev–Trinajstić information content (AvgIpc) is 2.43. The molecule has 1 aromatic carbocycles. The minimum absolute atomic E-state index is 0.433. The predicted molar refractivity (Wildman–Crippen MR) is 71.6 cm³/mol. The van der Waals surface area contributed by atoms with Crippen molar-refractivity contribution in [3.8, 4) is 0 Å². The van der Waals surface area contributed by atoms with Crippen LogP contribution in [-0.4, -0.2) is 29.7 Å². The summed E-state index contributed by atoms with van der Waals surface area (Å²) in [6.07, 6.45) is 5.42. The zero-order chi connectivity index (χ0) is 14.1. The summed E-state index contributed by atoms with van der Waals surface area (Å²) in [6.45, 7) is 2.88. The Bertz CT molecular complexity index is 495. The number of amides is 3. The monoisotopic (exact) mass is 257 g/mol. The fraction of sp³-hybridized carbons (Fsp3) is 0.0714. The van der Waals surface area contributed by atoms with Gasteiger partial charge in [0, 0.05) is 6.08 Å². The summed E-state index contributed by atoms with van der Waals surface area (Å²) in [5.41, 5.74) is 0.815. The summed E-state index contributed by atoms with van der Waals surface area (Å²) in [5, 5.41) is 2.23. The Morgan fingerprint density at radius 2 is 2.00 bits per heavy atom. The Morgan fingerprint density at radius 3 is 2.58 bits per heavy atom. The summed E-state index contributed by atoms with van der Waals surface area (Å²) in [7, 11) is 0. The Labute approximate surface area is 111 Å². The third kappa shape index (κ3) is 4.59. The Kier molecular flexibility index (Phi) is 5.75. The van der Waals surface area contributed by atoms with E-state index in [1.807, 2.05) is 30.3 Å². The van der Waals surface area contributed by atoms with E-state index in [0.717, 1.165) is 16.7 Å². The van der Waals surface area contributed by atoms with Crippen LogP contribution in [0, 0.1) is 0 Å². The van der Waals surface area contributed by atoms with Crippen LogP contribution in [0.4, 0.5) is 4.79 Å². The molecule has 97 valence electrons. The standard InChI is InChI=1S/C14H13N2O3/c1-2-15-14(19)16(10-11-17)13(18)9-8-12-6-4-3-5-7-12/h2-9H,1,10H2,(H,15,19)/b9-8+. The number of carbonyl (C=O) groups excluding carboxylic acids is 3. The van der Waals surface area contributed by atoms with Crippen molar-refractivity contribution in [3.05, 3.63) is 54.8 Å². The molecule has 1 N–H and O–H groups in total. The molecule has 0 aliphatic heterocycles. The topological polar surface area (TPSA) is 66.5 Å². The molecule has 0 unspecified atom stereocenters. The van der Waals surface area contributed by atoms with E-state index in [-0.39, 0.29) is 0 Å². The molecule has 1 rings (SSSR count). The lowest BCUT2D eigenvalue weighted by atomic mass is 10.2. The summed E-state index contributed by atoms with van der Waals surface area (Å²) >= 11 is 0. The van der Waals surface area contributed by atoms with Crippen LogP contribution in [0.2, 0.25) is 0 Å². The third-order valence-corrected chi connectivity index (χ3v) is 2.18. The van der Waals surface area contributed by atoms with Gasteiger partial charge in [0.15, 0.2) is 0 Å². The molecule has 0 fully saturated rings. The molecular formula is C14H13N2O3. The molecule has 0 heterocycles. The van der Waals surface area contributed by atoms with Crippen LogP contribution in [0.3, 0.4) is 0 Å². The van der Waals surface area contributed by atoms with E-state index in [2.05, 4.69) is 11.9 Å². The van der Waals surface area contributed by atoms with Crippen molar-refractivity contribution in [3.63, 3.8) is 0 Å². The molecule has 3 amide bonds. The van der Waals surface area contributed by atoms with Gasteiger partial charge in [-0.15, -0.1) is 0 Å². The first-order valence-corrected chi connectivity index (χ1v) is 5.50. The number of hydrogen-bond donors (Lipinski definition) is 1. The largest absolute Gasteiger partial charge is 0.328 e. The Morgan fingerprint density at radius 1 is 1.32 bits per heavy atom. The van der Waals surface area contributed by atoms with E-state index < -0.39 is 18.5 Å². The van der Waals surface area contributed by atoms with E-state index in [9.17, 15) is 14.4 Å². The fourth-order valence-electron chi connectivity index (χ4n) is 1.30. The molecule has 5 nitrogen and oxygen atoms in total. The number of nitrogens with one attached hydrogen (secondary N) is 1. The van der Waals surface area contributed by atoms with E-state index in [4.69, 9.17) is 0 Å². The van der Waals surface area contributed by atoms with E-state index in [0.29, 0.717) is 0 Å². The molecule has 1 aromatic rings. The SMILES string of the molecule is C=CNC(=O)N(C[C]=O)C(=O)/C=C/c1ccccc1. The number of hydrogen-bond acceptors (Lipinski definition) is 3. The summed E-state index contributed by atoms with van der Waals surface area (Å²) < 4.78 is 0. The highest BCUT2D eigenvalue weighted by molar-refractivity contribution is 6.03. The first-order chi connectivity index (χ1) is 9.19. The van der Waals surface area contributed by atoms with Crippen molar-refractivity contribution in [2.24, 2.45) is 0 Å². The molecule has 19 heavy (non-hydrogen) atoms. The Hall–Kier alpha value is -2.69. The van der Waals surface area contributed by atoms with Gasteiger partial charge in [-0.25, -0.2) is 4.79 Å². The van der Waals surface area contributed by atoms with E-state index >= 15 is 0 Å². The summed E-state index contributed by atoms with van der Waals surface area (Å²) in [5.74, 6) is -0.605. The first-order valence-electron chi connectivity index (χ1n) is 5.50. The molecule has 0 bridgehead atoms. The van der Waals surface area contributed by atoms with Gasteiger partial charge in [-0.2, -0.15) is 0 Å². The zero-order valence-corrected chi connectivity index (χ0v) is 10.2. The molecule has 0 aliphatic rings. The highest BCUT2D eigenvalue weighted by Crippen LogP contribution is 2.02. The normalized spacial score (nSPS) is 9.89. The quantitative estimate of drug-likeness (QED) is 0.813. The lowest BCUT2D eigenvalue weighted by Gasteiger charge is -2.15. The third-order valence-electron chi connectivity index (χ3n) is 2.18. The van der Waals surface area contributed by atoms with Crippen LogP contribution in [0.1, 0.15) is 5.56 Å². The Balaban J connectivity index is 2.77. The maximum Gasteiger partial charge on any atom is 0.328 e. The van der Waals surface area contributed by atoms with Crippen molar-refractivity contribution in [2.75, 3.05) is 6.54 Å². The smallest absolute Gasteiger partial charge is 0.315 e. The maximum atomic E-state index is 11.8. The van der Waals surface area contributed by atoms with Crippen LogP contribution in [0.15, 0.2) is 49.2 Å². The van der Waals surface area contributed by atoms with Gasteiger partial charge in [-0.3, -0.25) is 14.5 Å². The van der Waals surface area contributed by atoms with Crippen LogP contribution >= 0.6 is 0 Å². The molecule has 1 radical (unpaired) electrons. The highest BCUT2D eigenvalue weighted by atomic mass is 16.2. The molecule has 0 atom stereocenters. The van der Waals surface area contributed by atoms with Gasteiger partial charge in [-0.1, -0.05) is 36.9 Å². The summed E-state index contributed by atoms with van der Waals surface area (Å²) in [6, 6.07) is 8.40.